The fraction of sp³-hybridized carbons (Fsp3) is 0.844. The molecule has 2 unspecified atom stereocenters. The Morgan fingerprint density at radius 2 is 0.479 bits per heavy atom. The maximum absolute atomic E-state index is 13.1. The molecule has 0 rings (SSSR count). The molecule has 96 heavy (non-hydrogen) atoms. The van der Waals surface area contributed by atoms with Gasteiger partial charge in [-0.05, 0) is 128 Å². The van der Waals surface area contributed by atoms with Crippen LogP contribution < -0.4 is 0 Å². The highest BCUT2D eigenvalue weighted by molar-refractivity contribution is 7.47. The van der Waals surface area contributed by atoms with Crippen LogP contribution in [0.4, 0.5) is 0 Å². The third kappa shape index (κ3) is 69.5. The second kappa shape index (κ2) is 70.5. The molecule has 0 aliphatic carbocycles. The molecule has 0 amide bonds. The summed E-state index contributed by atoms with van der Waals surface area (Å²) in [5.41, 5.74) is 0. The first-order valence-electron chi connectivity index (χ1n) is 38.9. The summed E-state index contributed by atoms with van der Waals surface area (Å²) in [4.78, 5) is 72.8. The van der Waals surface area contributed by atoms with Crippen molar-refractivity contribution in [1.29, 1.82) is 0 Å². The molecule has 0 bridgehead atoms. The van der Waals surface area contributed by atoms with Crippen molar-refractivity contribution in [3.63, 3.8) is 0 Å². The van der Waals surface area contributed by atoms with Gasteiger partial charge < -0.3 is 33.8 Å². The van der Waals surface area contributed by atoms with Gasteiger partial charge in [0.25, 0.3) is 0 Å². The molecule has 562 valence electrons. The van der Waals surface area contributed by atoms with Gasteiger partial charge in [0.05, 0.1) is 26.4 Å². The Morgan fingerprint density at radius 3 is 0.729 bits per heavy atom. The van der Waals surface area contributed by atoms with E-state index < -0.39 is 97.5 Å². The van der Waals surface area contributed by atoms with E-state index in [1.54, 1.807) is 0 Å². The van der Waals surface area contributed by atoms with Crippen LogP contribution in [0.15, 0.2) is 48.6 Å². The minimum absolute atomic E-state index is 0.0879. The number of rotatable bonds is 74. The number of carbonyl (C=O) groups excluding carboxylic acids is 4. The van der Waals surface area contributed by atoms with E-state index in [1.165, 1.54) is 128 Å². The van der Waals surface area contributed by atoms with Crippen molar-refractivity contribution in [2.45, 2.75) is 380 Å². The molecular formula is C77H142O17P2. The number of phosphoric ester groups is 2. The summed E-state index contributed by atoms with van der Waals surface area (Å²) in [5.74, 6) is -2.18. The van der Waals surface area contributed by atoms with Crippen LogP contribution in [0.3, 0.4) is 0 Å². The number of aliphatic hydroxyl groups is 1. The first-order valence-corrected chi connectivity index (χ1v) is 41.9. The lowest BCUT2D eigenvalue weighted by atomic mass is 10.1. The van der Waals surface area contributed by atoms with Gasteiger partial charge in [0.1, 0.15) is 19.3 Å². The Morgan fingerprint density at radius 1 is 0.281 bits per heavy atom. The molecule has 19 heteroatoms. The van der Waals surface area contributed by atoms with E-state index in [0.29, 0.717) is 25.7 Å². The van der Waals surface area contributed by atoms with Crippen molar-refractivity contribution < 1.29 is 80.2 Å². The normalized spacial score (nSPS) is 14.2. The van der Waals surface area contributed by atoms with Crippen LogP contribution in [0, 0.1) is 0 Å². The highest BCUT2D eigenvalue weighted by Crippen LogP contribution is 2.45. The lowest BCUT2D eigenvalue weighted by Crippen LogP contribution is -2.30. The van der Waals surface area contributed by atoms with Crippen molar-refractivity contribution in [3.05, 3.63) is 48.6 Å². The van der Waals surface area contributed by atoms with Crippen molar-refractivity contribution in [3.8, 4) is 0 Å². The zero-order valence-corrected chi connectivity index (χ0v) is 63.1. The van der Waals surface area contributed by atoms with Gasteiger partial charge in [-0.1, -0.05) is 256 Å². The second-order valence-corrected chi connectivity index (χ2v) is 29.2. The molecule has 17 nitrogen and oxygen atoms in total. The molecule has 0 aliphatic heterocycles. The zero-order chi connectivity index (χ0) is 70.4. The fourth-order valence-corrected chi connectivity index (χ4v) is 12.3. The molecule has 0 saturated heterocycles. The summed E-state index contributed by atoms with van der Waals surface area (Å²) in [5, 5.41) is 10.6. The third-order valence-corrected chi connectivity index (χ3v) is 18.6. The summed E-state index contributed by atoms with van der Waals surface area (Å²) in [6.07, 6.45) is 66.6. The number of unbranched alkanes of at least 4 members (excludes halogenated alkanes) is 40. The highest BCUT2D eigenvalue weighted by atomic mass is 31.2. The summed E-state index contributed by atoms with van der Waals surface area (Å²) in [7, 11) is -9.94. The molecule has 0 spiro atoms. The number of carbonyl (C=O) groups is 4. The standard InChI is InChI=1S/C77H142O17P2/c1-5-9-13-17-21-25-29-33-35-39-42-46-50-54-58-62-75(80)88-68-72(93-76(81)63-59-55-51-47-43-38-32-28-24-20-16-12-8-4)69-91-95(83,84)89-65-71(78)66-90-96(85,86)92-70-73(67-87-74(79)61-57-53-49-45-41-37-31-27-23-19-15-11-7-3)94-77(82)64-60-56-52-48-44-40-36-34-30-26-22-18-14-10-6-2/h27-28,31-36,71-73,78H,5-26,29-30,37-70H2,1-4H3,(H,83,84)(H,85,86)/b31-27-,32-28-,35-33-,36-34-/t71-,72-,73-/m1/s1. The molecule has 0 saturated carbocycles. The van der Waals surface area contributed by atoms with Gasteiger partial charge in [0, 0.05) is 25.7 Å². The number of hydrogen-bond acceptors (Lipinski definition) is 15. The van der Waals surface area contributed by atoms with Crippen LogP contribution in [-0.4, -0.2) is 96.7 Å². The van der Waals surface area contributed by atoms with Crippen molar-refractivity contribution in [2.75, 3.05) is 39.6 Å². The van der Waals surface area contributed by atoms with Gasteiger partial charge in [-0.15, -0.1) is 0 Å². The number of hydrogen-bond donors (Lipinski definition) is 3. The van der Waals surface area contributed by atoms with Crippen LogP contribution >= 0.6 is 15.6 Å². The van der Waals surface area contributed by atoms with Crippen LogP contribution in [0.1, 0.15) is 362 Å². The third-order valence-electron chi connectivity index (χ3n) is 16.7. The Balaban J connectivity index is 5.33. The molecule has 0 radical (unpaired) electrons. The second-order valence-electron chi connectivity index (χ2n) is 26.3. The SMILES string of the molecule is CCCCCC/C=C\CCCCCCCC(=O)OC[C@H](COP(=O)(O)OC[C@H](O)COP(=O)(O)OC[C@@H](COC(=O)CCCCCCC/C=C\CCCCCCCC)OC(=O)CCCCCCC/C=C\CCCCCC)OC(=O)CCCCCCC/C=C\CCCCCCCC. The van der Waals surface area contributed by atoms with Crippen LogP contribution in [0.25, 0.3) is 0 Å². The first-order chi connectivity index (χ1) is 46.7. The Kier molecular flexibility index (Phi) is 68.3. The minimum atomic E-state index is -4.97. The van der Waals surface area contributed by atoms with Crippen LogP contribution in [0.5, 0.6) is 0 Å². The van der Waals surface area contributed by atoms with E-state index in [9.17, 15) is 43.2 Å². The molecule has 0 heterocycles. The maximum Gasteiger partial charge on any atom is 0.472 e. The fourth-order valence-electron chi connectivity index (χ4n) is 10.7. The summed E-state index contributed by atoms with van der Waals surface area (Å²) < 4.78 is 68.5. The smallest absolute Gasteiger partial charge is 0.462 e. The van der Waals surface area contributed by atoms with Crippen LogP contribution in [-0.2, 0) is 65.4 Å². The monoisotopic (exact) mass is 1400 g/mol. The number of aliphatic hydroxyl groups excluding tert-OH is 1. The van der Waals surface area contributed by atoms with E-state index in [4.69, 9.17) is 37.0 Å². The Labute approximate surface area is 585 Å². The van der Waals surface area contributed by atoms with Crippen molar-refractivity contribution in [2.24, 2.45) is 0 Å². The Bertz CT molecular complexity index is 2010. The zero-order valence-electron chi connectivity index (χ0n) is 61.3. The summed E-state index contributed by atoms with van der Waals surface area (Å²) in [6, 6.07) is 0. The van der Waals surface area contributed by atoms with E-state index >= 15 is 0 Å². The number of esters is 4. The van der Waals surface area contributed by atoms with Crippen LogP contribution in [0.2, 0.25) is 0 Å². The average molecular weight is 1400 g/mol. The predicted molar refractivity (Wildman–Crippen MR) is 390 cm³/mol. The first kappa shape index (κ1) is 93.0. The van der Waals surface area contributed by atoms with Crippen molar-refractivity contribution in [1.82, 2.24) is 0 Å². The number of ether oxygens (including phenoxy) is 4. The summed E-state index contributed by atoms with van der Waals surface area (Å²) in [6.45, 7) is 4.86. The summed E-state index contributed by atoms with van der Waals surface area (Å²) >= 11 is 0. The maximum atomic E-state index is 13.1. The van der Waals surface area contributed by atoms with E-state index in [-0.39, 0.29) is 25.7 Å². The van der Waals surface area contributed by atoms with E-state index in [0.717, 1.165) is 154 Å². The van der Waals surface area contributed by atoms with Gasteiger partial charge in [-0.3, -0.25) is 37.3 Å². The molecule has 0 aromatic heterocycles. The van der Waals surface area contributed by atoms with Gasteiger partial charge in [-0.25, -0.2) is 9.13 Å². The molecule has 0 aromatic rings. The average Bonchev–Trinajstić information content (AvgIpc) is 1.22. The Hall–Kier alpha value is -2.98. The lowest BCUT2D eigenvalue weighted by Gasteiger charge is -2.21. The van der Waals surface area contributed by atoms with Crippen molar-refractivity contribution >= 4 is 39.5 Å². The highest BCUT2D eigenvalue weighted by Gasteiger charge is 2.30. The van der Waals surface area contributed by atoms with Gasteiger partial charge in [0.15, 0.2) is 12.2 Å². The largest absolute Gasteiger partial charge is 0.472 e. The predicted octanol–water partition coefficient (Wildman–Crippen LogP) is 22.1. The minimum Gasteiger partial charge on any atom is -0.462 e. The van der Waals surface area contributed by atoms with Gasteiger partial charge in [0.2, 0.25) is 0 Å². The molecular weight excluding hydrogens is 1260 g/mol. The molecule has 3 N–H and O–H groups in total. The molecule has 5 atom stereocenters. The van der Waals surface area contributed by atoms with E-state index in [2.05, 4.69) is 76.3 Å². The number of phosphoric acid groups is 2. The molecule has 0 aromatic carbocycles. The molecule has 0 fully saturated rings. The topological polar surface area (TPSA) is 237 Å². The number of allylic oxidation sites excluding steroid dienone is 8. The molecule has 0 aliphatic rings. The quantitative estimate of drug-likeness (QED) is 0.0169. The van der Waals surface area contributed by atoms with Gasteiger partial charge in [-0.2, -0.15) is 0 Å². The van der Waals surface area contributed by atoms with Gasteiger partial charge >= 0.3 is 39.5 Å². The van der Waals surface area contributed by atoms with E-state index in [1.807, 2.05) is 0 Å². The lowest BCUT2D eigenvalue weighted by molar-refractivity contribution is -0.161.